The molecule has 0 aromatic heterocycles. The van der Waals surface area contributed by atoms with Gasteiger partial charge in [0.15, 0.2) is 0 Å². The van der Waals surface area contributed by atoms with E-state index in [1.165, 1.54) is 24.0 Å². The predicted molar refractivity (Wildman–Crippen MR) is 145 cm³/mol. The van der Waals surface area contributed by atoms with Gasteiger partial charge in [-0.05, 0) is 49.4 Å². The highest BCUT2D eigenvalue weighted by atomic mass is 16.4. The van der Waals surface area contributed by atoms with Crippen LogP contribution in [0.25, 0.3) is 0 Å². The molecule has 7 N–H and O–H groups in total. The number of hydrogen-bond donors (Lipinski definition) is 6. The number of carboxylic acids is 1. The van der Waals surface area contributed by atoms with Crippen LogP contribution in [0.4, 0.5) is 0 Å². The number of rotatable bonds is 12. The first-order valence-electron chi connectivity index (χ1n) is 13.0. The second kappa shape index (κ2) is 14.1. The maximum absolute atomic E-state index is 13.6. The van der Waals surface area contributed by atoms with E-state index in [9.17, 15) is 29.1 Å². The Morgan fingerprint density at radius 3 is 2.25 bits per heavy atom. The van der Waals surface area contributed by atoms with Crippen LogP contribution in [0.15, 0.2) is 54.6 Å². The number of aromatic hydroxyl groups is 1. The zero-order valence-corrected chi connectivity index (χ0v) is 22.2. The van der Waals surface area contributed by atoms with Crippen LogP contribution in [-0.4, -0.2) is 82.0 Å². The van der Waals surface area contributed by atoms with Crippen molar-refractivity contribution in [3.8, 4) is 5.75 Å². The molecule has 0 saturated carbocycles. The SMILES string of the molecule is C[C@@H](NC(=O)[C@@H](N)Cc1ccc(O)cc1)C(=O)N[C@@H](Cc1ccccc1)C(=O)N1CCC[C@@H]1C(=O)NCC(=O)O. The highest BCUT2D eigenvalue weighted by Gasteiger charge is 2.38. The van der Waals surface area contributed by atoms with Crippen LogP contribution in [0.1, 0.15) is 30.9 Å². The van der Waals surface area contributed by atoms with Gasteiger partial charge < -0.3 is 36.8 Å². The molecule has 3 rings (SSSR count). The number of carbonyl (C=O) groups is 5. The monoisotopic (exact) mass is 553 g/mol. The molecule has 1 fully saturated rings. The molecule has 12 nitrogen and oxygen atoms in total. The van der Waals surface area contributed by atoms with Crippen molar-refractivity contribution in [1.29, 1.82) is 0 Å². The number of nitrogens with one attached hydrogen (secondary N) is 3. The number of amides is 4. The van der Waals surface area contributed by atoms with E-state index < -0.39 is 60.3 Å². The summed E-state index contributed by atoms with van der Waals surface area (Å²) < 4.78 is 0. The van der Waals surface area contributed by atoms with Crippen molar-refractivity contribution in [3.63, 3.8) is 0 Å². The largest absolute Gasteiger partial charge is 0.508 e. The second-order valence-electron chi connectivity index (χ2n) is 9.76. The lowest BCUT2D eigenvalue weighted by Gasteiger charge is -2.29. The van der Waals surface area contributed by atoms with Gasteiger partial charge in [-0.2, -0.15) is 0 Å². The van der Waals surface area contributed by atoms with Gasteiger partial charge in [0, 0.05) is 13.0 Å². The van der Waals surface area contributed by atoms with Crippen LogP contribution in [0.3, 0.4) is 0 Å². The first-order valence-corrected chi connectivity index (χ1v) is 13.0. The Morgan fingerprint density at radius 2 is 1.60 bits per heavy atom. The van der Waals surface area contributed by atoms with Crippen molar-refractivity contribution in [2.24, 2.45) is 5.73 Å². The van der Waals surface area contributed by atoms with Gasteiger partial charge in [0.25, 0.3) is 0 Å². The molecule has 12 heteroatoms. The minimum atomic E-state index is -1.20. The zero-order valence-electron chi connectivity index (χ0n) is 22.2. The first kappa shape index (κ1) is 30.1. The average Bonchev–Trinajstić information content (AvgIpc) is 3.42. The van der Waals surface area contributed by atoms with Gasteiger partial charge in [0.05, 0.1) is 6.04 Å². The zero-order chi connectivity index (χ0) is 29.2. The molecule has 4 atom stereocenters. The lowest BCUT2D eigenvalue weighted by Crippen LogP contribution is -2.57. The van der Waals surface area contributed by atoms with Crippen LogP contribution in [0, 0.1) is 0 Å². The molecule has 40 heavy (non-hydrogen) atoms. The number of benzene rings is 2. The van der Waals surface area contributed by atoms with E-state index in [0.29, 0.717) is 12.8 Å². The van der Waals surface area contributed by atoms with Crippen LogP contribution in [0.2, 0.25) is 0 Å². The minimum Gasteiger partial charge on any atom is -0.508 e. The summed E-state index contributed by atoms with van der Waals surface area (Å²) in [4.78, 5) is 64.2. The molecule has 1 heterocycles. The van der Waals surface area contributed by atoms with E-state index in [4.69, 9.17) is 10.8 Å². The molecule has 1 aliphatic rings. The quantitative estimate of drug-likeness (QED) is 0.206. The van der Waals surface area contributed by atoms with Crippen molar-refractivity contribution < 1.29 is 34.2 Å². The summed E-state index contributed by atoms with van der Waals surface area (Å²) in [6.45, 7) is 1.19. The van der Waals surface area contributed by atoms with Crippen LogP contribution >= 0.6 is 0 Å². The first-order chi connectivity index (χ1) is 19.0. The molecule has 4 amide bonds. The number of phenols is 1. The number of hydrogen-bond acceptors (Lipinski definition) is 7. The second-order valence-corrected chi connectivity index (χ2v) is 9.76. The number of nitrogens with two attached hydrogens (primary N) is 1. The van der Waals surface area contributed by atoms with Gasteiger partial charge in [-0.3, -0.25) is 24.0 Å². The molecule has 2 aromatic carbocycles. The maximum atomic E-state index is 13.6. The van der Waals surface area contributed by atoms with E-state index in [1.54, 1.807) is 36.4 Å². The van der Waals surface area contributed by atoms with E-state index in [0.717, 1.165) is 11.1 Å². The summed E-state index contributed by atoms with van der Waals surface area (Å²) in [5.74, 6) is -3.32. The third-order valence-electron chi connectivity index (χ3n) is 6.63. The third kappa shape index (κ3) is 8.53. The van der Waals surface area contributed by atoms with Gasteiger partial charge in [-0.1, -0.05) is 42.5 Å². The average molecular weight is 554 g/mol. The van der Waals surface area contributed by atoms with E-state index in [2.05, 4.69) is 16.0 Å². The Morgan fingerprint density at radius 1 is 0.950 bits per heavy atom. The summed E-state index contributed by atoms with van der Waals surface area (Å²) in [6.07, 6.45) is 1.26. The van der Waals surface area contributed by atoms with Crippen LogP contribution in [0.5, 0.6) is 5.75 Å². The number of likely N-dealkylation sites (tertiary alicyclic amines) is 1. The Balaban J connectivity index is 1.67. The molecular weight excluding hydrogens is 518 g/mol. The number of carboxylic acid groups (broad SMARTS) is 1. The van der Waals surface area contributed by atoms with Gasteiger partial charge in [-0.15, -0.1) is 0 Å². The van der Waals surface area contributed by atoms with Crippen molar-refractivity contribution in [2.45, 2.75) is 56.8 Å². The van der Waals surface area contributed by atoms with E-state index in [1.807, 2.05) is 6.07 Å². The Labute approximate surface area is 231 Å². The van der Waals surface area contributed by atoms with Crippen molar-refractivity contribution >= 4 is 29.6 Å². The standard InChI is InChI=1S/C28H35N5O7/c1-17(31-26(38)21(29)14-19-9-11-20(34)12-10-19)25(37)32-22(15-18-6-3-2-4-7-18)28(40)33-13-5-8-23(33)27(39)30-16-24(35)36/h2-4,6-7,9-12,17,21-23,34H,5,8,13-16,29H2,1H3,(H,30,39)(H,31,38)(H,32,37)(H,35,36)/t17-,21+,22+,23-/m1/s1. The number of nitrogens with zero attached hydrogens (tertiary/aromatic N) is 1. The molecule has 1 saturated heterocycles. The van der Waals surface area contributed by atoms with Gasteiger partial charge >= 0.3 is 5.97 Å². The molecular formula is C28H35N5O7. The third-order valence-corrected chi connectivity index (χ3v) is 6.63. The molecule has 1 aliphatic heterocycles. The van der Waals surface area contributed by atoms with Crippen molar-refractivity contribution in [1.82, 2.24) is 20.9 Å². The Bertz CT molecular complexity index is 1210. The summed E-state index contributed by atoms with van der Waals surface area (Å²) in [5.41, 5.74) is 7.53. The van der Waals surface area contributed by atoms with E-state index in [-0.39, 0.29) is 25.1 Å². The number of carbonyl (C=O) groups excluding carboxylic acids is 4. The number of phenolic OH excluding ortho intramolecular Hbond substituents is 1. The summed E-state index contributed by atoms with van der Waals surface area (Å²) in [5, 5.41) is 25.9. The smallest absolute Gasteiger partial charge is 0.322 e. The molecule has 0 radical (unpaired) electrons. The highest BCUT2D eigenvalue weighted by Crippen LogP contribution is 2.20. The molecule has 0 aliphatic carbocycles. The Kier molecular flexibility index (Phi) is 10.6. The molecule has 2 aromatic rings. The normalized spacial score (nSPS) is 16.9. The van der Waals surface area contributed by atoms with Crippen molar-refractivity contribution in [3.05, 3.63) is 65.7 Å². The lowest BCUT2D eigenvalue weighted by molar-refractivity contribution is -0.143. The summed E-state index contributed by atoms with van der Waals surface area (Å²) in [7, 11) is 0. The fourth-order valence-electron chi connectivity index (χ4n) is 4.50. The summed E-state index contributed by atoms with van der Waals surface area (Å²) >= 11 is 0. The molecule has 0 bridgehead atoms. The fraction of sp³-hybridized carbons (Fsp3) is 0.393. The minimum absolute atomic E-state index is 0.0906. The Hall–Kier alpha value is -4.45. The van der Waals surface area contributed by atoms with Gasteiger partial charge in [0.1, 0.15) is 30.4 Å². The molecule has 0 unspecified atom stereocenters. The van der Waals surface area contributed by atoms with Crippen LogP contribution < -0.4 is 21.7 Å². The van der Waals surface area contributed by atoms with Crippen molar-refractivity contribution in [2.75, 3.05) is 13.1 Å². The maximum Gasteiger partial charge on any atom is 0.322 e. The molecule has 0 spiro atoms. The van der Waals surface area contributed by atoms with Gasteiger partial charge in [0.2, 0.25) is 23.6 Å². The molecule has 214 valence electrons. The summed E-state index contributed by atoms with van der Waals surface area (Å²) in [6, 6.07) is 11.4. The fourth-order valence-corrected chi connectivity index (χ4v) is 4.50. The predicted octanol–water partition coefficient (Wildman–Crippen LogP) is -0.314. The topological polar surface area (TPSA) is 191 Å². The van der Waals surface area contributed by atoms with E-state index >= 15 is 0 Å². The highest BCUT2D eigenvalue weighted by molar-refractivity contribution is 5.95. The number of aliphatic carboxylic acids is 1. The van der Waals surface area contributed by atoms with Crippen LogP contribution in [-0.2, 0) is 36.8 Å². The lowest BCUT2D eigenvalue weighted by atomic mass is 10.0. The van der Waals surface area contributed by atoms with Gasteiger partial charge in [-0.25, -0.2) is 0 Å².